The zero-order chi connectivity index (χ0) is 17.9. The minimum absolute atomic E-state index is 0.0745. The second-order valence-electron chi connectivity index (χ2n) is 5.65. The summed E-state index contributed by atoms with van der Waals surface area (Å²) in [6, 6.07) is 0.512. The first kappa shape index (κ1) is 18.2. The predicted octanol–water partition coefficient (Wildman–Crippen LogP) is 0.253. The maximum absolute atomic E-state index is 12.3. The Morgan fingerprint density at radius 1 is 1.54 bits per heavy atom. The van der Waals surface area contributed by atoms with Crippen molar-refractivity contribution in [3.63, 3.8) is 0 Å². The molecule has 0 radical (unpaired) electrons. The molecular weight excluding hydrogens is 340 g/mol. The van der Waals surface area contributed by atoms with Gasteiger partial charge < -0.3 is 14.7 Å². The molecule has 2 heterocycles. The number of carboxylic acid groups (broad SMARTS) is 1. The minimum atomic E-state index is -3.93. The number of carboxylic acids is 1. The molecule has 2 atom stereocenters. The van der Waals surface area contributed by atoms with Crippen molar-refractivity contribution in [2.45, 2.75) is 30.8 Å². The summed E-state index contributed by atoms with van der Waals surface area (Å²) in [7, 11) is -2.63. The molecule has 0 saturated carbocycles. The molecule has 24 heavy (non-hydrogen) atoms. The highest BCUT2D eigenvalue weighted by Crippen LogP contribution is 2.21. The molecule has 1 amide bonds. The lowest BCUT2D eigenvalue weighted by Gasteiger charge is -2.34. The van der Waals surface area contributed by atoms with E-state index in [9.17, 15) is 18.0 Å². The quantitative estimate of drug-likeness (QED) is 0.683. The van der Waals surface area contributed by atoms with E-state index in [1.54, 1.807) is 6.92 Å². The Balaban J connectivity index is 2.05. The standard InChI is InChI=1S/C13H20N4O6S/c1-8(9-4-3-5-17(7-9)13(20)23-2)16-24(21,22)11-6-10(12(18)19)14-15-11/h6,8-9,16H,3-5,7H2,1-2H3,(H,14,15)(H,18,19). The van der Waals surface area contributed by atoms with Crippen molar-refractivity contribution >= 4 is 22.1 Å². The maximum Gasteiger partial charge on any atom is 0.409 e. The van der Waals surface area contributed by atoms with E-state index in [1.165, 1.54) is 12.0 Å². The zero-order valence-corrected chi connectivity index (χ0v) is 14.2. The molecule has 2 rings (SSSR count). The van der Waals surface area contributed by atoms with Crippen LogP contribution in [0.5, 0.6) is 0 Å². The number of methoxy groups -OCH3 is 1. The van der Waals surface area contributed by atoms with Crippen molar-refractivity contribution in [1.82, 2.24) is 19.8 Å². The number of hydrogen-bond donors (Lipinski definition) is 3. The third-order valence-electron chi connectivity index (χ3n) is 4.00. The van der Waals surface area contributed by atoms with Crippen molar-refractivity contribution in [3.8, 4) is 0 Å². The van der Waals surface area contributed by atoms with E-state index >= 15 is 0 Å². The SMILES string of the molecule is COC(=O)N1CCCC(C(C)NS(=O)(=O)c2cc(C(=O)O)n[nH]2)C1. The van der Waals surface area contributed by atoms with Gasteiger partial charge in [0.2, 0.25) is 0 Å². The van der Waals surface area contributed by atoms with Gasteiger partial charge in [0.05, 0.1) is 7.11 Å². The van der Waals surface area contributed by atoms with Crippen molar-refractivity contribution < 1.29 is 27.9 Å². The number of carbonyl (C=O) groups excluding carboxylic acids is 1. The fourth-order valence-electron chi connectivity index (χ4n) is 2.67. The number of likely N-dealkylation sites (tertiary alicyclic amines) is 1. The van der Waals surface area contributed by atoms with Gasteiger partial charge in [0.15, 0.2) is 10.7 Å². The molecule has 3 N–H and O–H groups in total. The first-order valence-corrected chi connectivity index (χ1v) is 8.87. The van der Waals surface area contributed by atoms with E-state index in [2.05, 4.69) is 14.9 Å². The fourth-order valence-corrected chi connectivity index (χ4v) is 3.91. The van der Waals surface area contributed by atoms with Crippen LogP contribution in [0.1, 0.15) is 30.3 Å². The number of ether oxygens (including phenoxy) is 1. The molecular formula is C13H20N4O6S. The molecule has 134 valence electrons. The summed E-state index contributed by atoms with van der Waals surface area (Å²) >= 11 is 0. The number of H-pyrrole nitrogens is 1. The molecule has 1 saturated heterocycles. The Labute approximate surface area is 139 Å². The van der Waals surface area contributed by atoms with Gasteiger partial charge in [-0.05, 0) is 25.7 Å². The minimum Gasteiger partial charge on any atom is -0.476 e. The summed E-state index contributed by atoms with van der Waals surface area (Å²) in [6.45, 7) is 2.67. The second-order valence-corrected chi connectivity index (χ2v) is 7.33. The summed E-state index contributed by atoms with van der Waals surface area (Å²) < 4.78 is 31.8. The van der Waals surface area contributed by atoms with Gasteiger partial charge in [-0.1, -0.05) is 0 Å². The molecule has 0 bridgehead atoms. The summed E-state index contributed by atoms with van der Waals surface area (Å²) in [4.78, 5) is 23.9. The average molecular weight is 360 g/mol. The molecule has 1 aromatic rings. The van der Waals surface area contributed by atoms with Crippen molar-refractivity contribution in [2.24, 2.45) is 5.92 Å². The van der Waals surface area contributed by atoms with E-state index in [0.717, 1.165) is 18.9 Å². The van der Waals surface area contributed by atoms with Crippen LogP contribution in [0.3, 0.4) is 0 Å². The molecule has 1 fully saturated rings. The molecule has 1 aliphatic heterocycles. The number of nitrogens with zero attached hydrogens (tertiary/aromatic N) is 2. The van der Waals surface area contributed by atoms with Crippen LogP contribution in [0.15, 0.2) is 11.1 Å². The average Bonchev–Trinajstić information content (AvgIpc) is 3.05. The number of hydrogen-bond acceptors (Lipinski definition) is 6. The van der Waals surface area contributed by atoms with Gasteiger partial charge in [0, 0.05) is 25.2 Å². The molecule has 2 unspecified atom stereocenters. The number of piperidine rings is 1. The van der Waals surface area contributed by atoms with Crippen LogP contribution in [-0.4, -0.2) is 66.9 Å². The summed E-state index contributed by atoms with van der Waals surface area (Å²) in [5.41, 5.74) is -0.377. The van der Waals surface area contributed by atoms with Crippen LogP contribution in [0, 0.1) is 5.92 Å². The lowest BCUT2D eigenvalue weighted by atomic mass is 9.92. The number of aromatic nitrogens is 2. The highest BCUT2D eigenvalue weighted by molar-refractivity contribution is 7.89. The predicted molar refractivity (Wildman–Crippen MR) is 82.0 cm³/mol. The van der Waals surface area contributed by atoms with E-state index in [4.69, 9.17) is 9.84 Å². The van der Waals surface area contributed by atoms with Gasteiger partial charge in [0.25, 0.3) is 10.0 Å². The zero-order valence-electron chi connectivity index (χ0n) is 13.4. The van der Waals surface area contributed by atoms with E-state index in [-0.39, 0.29) is 16.6 Å². The lowest BCUT2D eigenvalue weighted by molar-refractivity contribution is 0.0690. The molecule has 0 spiro atoms. The van der Waals surface area contributed by atoms with Crippen molar-refractivity contribution in [3.05, 3.63) is 11.8 Å². The smallest absolute Gasteiger partial charge is 0.409 e. The Morgan fingerprint density at radius 2 is 2.25 bits per heavy atom. The van der Waals surface area contributed by atoms with Crippen LogP contribution < -0.4 is 4.72 Å². The van der Waals surface area contributed by atoms with E-state index in [1.807, 2.05) is 0 Å². The van der Waals surface area contributed by atoms with E-state index in [0.29, 0.717) is 13.1 Å². The second kappa shape index (κ2) is 7.18. The molecule has 1 aromatic heterocycles. The Bertz CT molecular complexity index is 716. The number of aromatic amines is 1. The molecule has 10 nitrogen and oxygen atoms in total. The van der Waals surface area contributed by atoms with Gasteiger partial charge in [-0.3, -0.25) is 5.10 Å². The van der Waals surface area contributed by atoms with Gasteiger partial charge in [-0.2, -0.15) is 5.10 Å². The maximum atomic E-state index is 12.3. The van der Waals surface area contributed by atoms with E-state index < -0.39 is 28.1 Å². The Kier molecular flexibility index (Phi) is 5.44. The van der Waals surface area contributed by atoms with Crippen molar-refractivity contribution in [1.29, 1.82) is 0 Å². The van der Waals surface area contributed by atoms with Crippen LogP contribution in [0.25, 0.3) is 0 Å². The molecule has 11 heteroatoms. The molecule has 0 aromatic carbocycles. The number of aromatic carboxylic acids is 1. The fraction of sp³-hybridized carbons (Fsp3) is 0.615. The monoisotopic (exact) mass is 360 g/mol. The number of nitrogens with one attached hydrogen (secondary N) is 2. The van der Waals surface area contributed by atoms with Gasteiger partial charge in [0.1, 0.15) is 0 Å². The first-order valence-electron chi connectivity index (χ1n) is 7.38. The van der Waals surface area contributed by atoms with Crippen LogP contribution in [0.4, 0.5) is 4.79 Å². The number of amides is 1. The number of carbonyl (C=O) groups is 2. The number of rotatable bonds is 5. The molecule has 1 aliphatic rings. The largest absolute Gasteiger partial charge is 0.476 e. The lowest BCUT2D eigenvalue weighted by Crippen LogP contribution is -2.47. The van der Waals surface area contributed by atoms with Gasteiger partial charge in [-0.25, -0.2) is 22.7 Å². The topological polar surface area (TPSA) is 142 Å². The highest BCUT2D eigenvalue weighted by Gasteiger charge is 2.31. The Morgan fingerprint density at radius 3 is 2.83 bits per heavy atom. The normalized spacial score (nSPS) is 19.8. The van der Waals surface area contributed by atoms with Crippen LogP contribution in [0.2, 0.25) is 0 Å². The highest BCUT2D eigenvalue weighted by atomic mass is 32.2. The van der Waals surface area contributed by atoms with Crippen LogP contribution in [-0.2, 0) is 14.8 Å². The molecule has 0 aliphatic carbocycles. The van der Waals surface area contributed by atoms with Crippen molar-refractivity contribution in [2.75, 3.05) is 20.2 Å². The van der Waals surface area contributed by atoms with Crippen LogP contribution >= 0.6 is 0 Å². The summed E-state index contributed by atoms with van der Waals surface area (Å²) in [5, 5.41) is 14.1. The third-order valence-corrected chi connectivity index (χ3v) is 5.47. The van der Waals surface area contributed by atoms with Gasteiger partial charge in [-0.15, -0.1) is 0 Å². The summed E-state index contributed by atoms with van der Waals surface area (Å²) in [5.74, 6) is -1.39. The van der Waals surface area contributed by atoms with Gasteiger partial charge >= 0.3 is 12.1 Å². The third kappa shape index (κ3) is 4.03. The number of sulfonamides is 1. The Hall–Kier alpha value is -2.14. The first-order chi connectivity index (χ1) is 11.2. The summed E-state index contributed by atoms with van der Waals surface area (Å²) in [6.07, 6.45) is 1.08.